The Morgan fingerprint density at radius 2 is 1.89 bits per heavy atom. The number of benzene rings is 3. The predicted molar refractivity (Wildman–Crippen MR) is 177 cm³/mol. The van der Waals surface area contributed by atoms with Crippen molar-refractivity contribution >= 4 is 67.7 Å². The maximum absolute atomic E-state index is 14.1. The molecule has 0 saturated carbocycles. The topological polar surface area (TPSA) is 124 Å². The molecule has 4 N–H and O–H groups in total. The number of nitrogens with two attached hydrogens (primary N) is 1. The van der Waals surface area contributed by atoms with Crippen LogP contribution in [0.3, 0.4) is 0 Å². The van der Waals surface area contributed by atoms with Gasteiger partial charge in [0.05, 0.1) is 33.4 Å². The maximum Gasteiger partial charge on any atom is 0.333 e. The Morgan fingerprint density at radius 3 is 2.64 bits per heavy atom. The van der Waals surface area contributed by atoms with Crippen LogP contribution in [-0.2, 0) is 29.1 Å². The van der Waals surface area contributed by atoms with Gasteiger partial charge in [0.15, 0.2) is 5.13 Å². The Labute approximate surface area is 275 Å². The van der Waals surface area contributed by atoms with E-state index in [4.69, 9.17) is 35.4 Å². The molecule has 1 aliphatic heterocycles. The zero-order valence-corrected chi connectivity index (χ0v) is 26.5. The number of anilines is 1. The third kappa shape index (κ3) is 8.04. The van der Waals surface area contributed by atoms with Crippen molar-refractivity contribution < 1.29 is 14.4 Å². The zero-order chi connectivity index (χ0) is 31.9. The number of aromatic nitrogens is 1. The molecular formula is C32H31Cl2N7O3S. The summed E-state index contributed by atoms with van der Waals surface area (Å²) in [5.74, 6) is 1.84. The maximum atomic E-state index is 14.1. The minimum Gasteiger partial charge on any atom is -0.375 e. The summed E-state index contributed by atoms with van der Waals surface area (Å²) >= 11 is 13.5. The fourth-order valence-corrected chi connectivity index (χ4v) is 6.23. The number of hydrogen-bond acceptors (Lipinski definition) is 7. The molecule has 10 nitrogen and oxygen atoms in total. The third-order valence-corrected chi connectivity index (χ3v) is 8.90. The largest absolute Gasteiger partial charge is 0.375 e. The molecule has 13 heteroatoms. The molecule has 4 amide bonds. The van der Waals surface area contributed by atoms with Gasteiger partial charge in [0.2, 0.25) is 11.8 Å². The van der Waals surface area contributed by atoms with Crippen LogP contribution < -0.4 is 16.4 Å². The highest BCUT2D eigenvalue weighted by Crippen LogP contribution is 2.27. The lowest BCUT2D eigenvalue weighted by Gasteiger charge is -2.34. The van der Waals surface area contributed by atoms with Gasteiger partial charge in [-0.05, 0) is 34.9 Å². The number of nitrogens with zero attached hydrogens (tertiary/aromatic N) is 4. The Balaban J connectivity index is 1.41. The van der Waals surface area contributed by atoms with Crippen molar-refractivity contribution in [2.24, 2.45) is 0 Å². The van der Waals surface area contributed by atoms with Gasteiger partial charge in [-0.3, -0.25) is 9.59 Å². The summed E-state index contributed by atoms with van der Waals surface area (Å²) in [6, 6.07) is 19.0. The molecule has 4 aromatic rings. The van der Waals surface area contributed by atoms with Gasteiger partial charge in [-0.2, -0.15) is 0 Å². The summed E-state index contributed by atoms with van der Waals surface area (Å²) < 4.78 is 0.913. The van der Waals surface area contributed by atoms with Gasteiger partial charge in [-0.1, -0.05) is 89.0 Å². The molecule has 232 valence electrons. The molecule has 1 aromatic heterocycles. The molecule has 45 heavy (non-hydrogen) atoms. The molecule has 0 unspecified atom stereocenters. The molecule has 0 aliphatic carbocycles. The first kappa shape index (κ1) is 32.1. The van der Waals surface area contributed by atoms with Crippen molar-refractivity contribution in [2.45, 2.75) is 25.6 Å². The zero-order valence-electron chi connectivity index (χ0n) is 24.2. The number of nitrogens with one attached hydrogen (secondary N) is 2. The second kappa shape index (κ2) is 14.6. The highest BCUT2D eigenvalue weighted by atomic mass is 35.5. The fraction of sp³-hybridized carbons (Fsp3) is 0.250. The van der Waals surface area contributed by atoms with Gasteiger partial charge < -0.3 is 21.3 Å². The van der Waals surface area contributed by atoms with Crippen molar-refractivity contribution in [3.63, 3.8) is 0 Å². The monoisotopic (exact) mass is 663 g/mol. The van der Waals surface area contributed by atoms with Gasteiger partial charge >= 0.3 is 6.03 Å². The SMILES string of the molecule is C#CCN(C(=O)NCc1ccc(Cl)c(Cl)c1)N1CCN(Cc2cccc3sc(N)nc23)C(=O)[C@H](Cc2ccccc2)NC(=O)C1. The van der Waals surface area contributed by atoms with E-state index in [1.54, 1.807) is 28.1 Å². The molecule has 0 radical (unpaired) electrons. The number of nitrogen functional groups attached to an aromatic ring is 1. The smallest absolute Gasteiger partial charge is 0.333 e. The van der Waals surface area contributed by atoms with Gasteiger partial charge in [0.1, 0.15) is 6.04 Å². The van der Waals surface area contributed by atoms with Crippen LogP contribution >= 0.6 is 34.5 Å². The first-order chi connectivity index (χ1) is 21.7. The molecular weight excluding hydrogens is 633 g/mol. The molecule has 1 atom stereocenters. The van der Waals surface area contributed by atoms with Crippen molar-refractivity contribution in [1.82, 2.24) is 30.5 Å². The molecule has 0 bridgehead atoms. The second-order valence-electron chi connectivity index (χ2n) is 10.4. The number of para-hydroxylation sites is 1. The quantitative estimate of drug-likeness (QED) is 0.241. The van der Waals surface area contributed by atoms with Crippen LogP contribution in [0, 0.1) is 12.3 Å². The number of hydrazine groups is 1. The molecule has 1 fully saturated rings. The van der Waals surface area contributed by atoms with Crippen LogP contribution in [0.25, 0.3) is 10.2 Å². The van der Waals surface area contributed by atoms with Crippen molar-refractivity contribution in [2.75, 3.05) is 31.9 Å². The van der Waals surface area contributed by atoms with E-state index in [2.05, 4.69) is 21.5 Å². The third-order valence-electron chi connectivity index (χ3n) is 7.31. The molecule has 1 aliphatic rings. The number of fused-ring (bicyclic) bond motifs is 1. The van der Waals surface area contributed by atoms with E-state index >= 15 is 0 Å². The van der Waals surface area contributed by atoms with E-state index in [1.165, 1.54) is 16.3 Å². The normalized spacial score (nSPS) is 15.9. The average Bonchev–Trinajstić information content (AvgIpc) is 3.43. The lowest BCUT2D eigenvalue weighted by Crippen LogP contribution is -2.55. The average molecular weight is 665 g/mol. The van der Waals surface area contributed by atoms with Gasteiger partial charge in [0, 0.05) is 32.6 Å². The van der Waals surface area contributed by atoms with Crippen LogP contribution in [0.1, 0.15) is 16.7 Å². The highest BCUT2D eigenvalue weighted by molar-refractivity contribution is 7.22. The summed E-state index contributed by atoms with van der Waals surface area (Å²) in [5, 5.41) is 9.82. The Hall–Kier alpha value is -4.34. The number of terminal acetylenes is 1. The van der Waals surface area contributed by atoms with E-state index < -0.39 is 18.0 Å². The summed E-state index contributed by atoms with van der Waals surface area (Å²) in [7, 11) is 0. The Bertz CT molecular complexity index is 1740. The number of rotatable bonds is 8. The molecule has 2 heterocycles. The Morgan fingerprint density at radius 1 is 1.09 bits per heavy atom. The van der Waals surface area contributed by atoms with Crippen LogP contribution in [0.15, 0.2) is 66.7 Å². The lowest BCUT2D eigenvalue weighted by molar-refractivity contribution is -0.136. The van der Waals surface area contributed by atoms with Crippen molar-refractivity contribution in [3.8, 4) is 12.3 Å². The molecule has 0 spiro atoms. The number of carbonyl (C=O) groups excluding carboxylic acids is 3. The van der Waals surface area contributed by atoms with E-state index in [1.807, 2.05) is 48.5 Å². The van der Waals surface area contributed by atoms with E-state index in [-0.39, 0.29) is 45.2 Å². The number of halogens is 2. The predicted octanol–water partition coefficient (Wildman–Crippen LogP) is 4.32. The first-order valence-corrected chi connectivity index (χ1v) is 15.7. The van der Waals surface area contributed by atoms with E-state index in [9.17, 15) is 14.4 Å². The van der Waals surface area contributed by atoms with Gasteiger partial charge in [0.25, 0.3) is 0 Å². The van der Waals surface area contributed by atoms with Gasteiger partial charge in [-0.15, -0.1) is 6.42 Å². The first-order valence-electron chi connectivity index (χ1n) is 14.2. The van der Waals surface area contributed by atoms with Crippen LogP contribution in [0.5, 0.6) is 0 Å². The standard InChI is InChI=1S/C32H31Cl2N7O3S/c1-2-13-41(32(44)36-18-22-11-12-24(33)25(34)16-22)40-15-14-39(19-23-9-6-10-27-29(23)38-31(35)45-27)30(43)26(37-28(42)20-40)17-21-7-4-3-5-8-21/h1,3-12,16,26H,13-15,17-20H2,(H2,35,38)(H,36,44)(H,37,42)/t26-/m0/s1. The highest BCUT2D eigenvalue weighted by Gasteiger charge is 2.32. The van der Waals surface area contributed by atoms with Crippen LogP contribution in [0.2, 0.25) is 10.0 Å². The summed E-state index contributed by atoms with van der Waals surface area (Å²) in [5.41, 5.74) is 9.18. The van der Waals surface area contributed by atoms with Crippen LogP contribution in [-0.4, -0.2) is 70.0 Å². The summed E-state index contributed by atoms with van der Waals surface area (Å²) in [4.78, 5) is 47.1. The minimum atomic E-state index is -0.830. The van der Waals surface area contributed by atoms with Crippen molar-refractivity contribution in [3.05, 3.63) is 93.5 Å². The number of carbonyl (C=O) groups is 3. The Kier molecular flexibility index (Phi) is 10.4. The number of urea groups is 1. The van der Waals surface area contributed by atoms with Crippen LogP contribution in [0.4, 0.5) is 9.93 Å². The molecule has 1 saturated heterocycles. The van der Waals surface area contributed by atoms with Gasteiger partial charge in [-0.25, -0.2) is 19.8 Å². The van der Waals surface area contributed by atoms with E-state index in [0.29, 0.717) is 21.6 Å². The molecule has 5 rings (SSSR count). The number of hydrogen-bond donors (Lipinski definition) is 3. The fourth-order valence-electron chi connectivity index (χ4n) is 5.13. The second-order valence-corrected chi connectivity index (χ2v) is 12.3. The minimum absolute atomic E-state index is 0.0979. The summed E-state index contributed by atoms with van der Waals surface area (Å²) in [6.45, 7) is 0.463. The number of amides is 4. The molecule has 3 aromatic carbocycles. The number of thiazole rings is 1. The lowest BCUT2D eigenvalue weighted by atomic mass is 10.0. The van der Waals surface area contributed by atoms with E-state index in [0.717, 1.165) is 26.9 Å². The summed E-state index contributed by atoms with van der Waals surface area (Å²) in [6.07, 6.45) is 5.96. The van der Waals surface area contributed by atoms with Crippen molar-refractivity contribution in [1.29, 1.82) is 0 Å².